The molecule has 10 heteroatoms. The van der Waals surface area contributed by atoms with Crippen LogP contribution in [0.4, 0.5) is 5.13 Å². The summed E-state index contributed by atoms with van der Waals surface area (Å²) >= 11 is 2.76. The van der Waals surface area contributed by atoms with Crippen molar-refractivity contribution in [3.8, 4) is 17.3 Å². The molecule has 4 aromatic rings. The van der Waals surface area contributed by atoms with E-state index in [-0.39, 0.29) is 19.1 Å². The molecular weight excluding hydrogens is 494 g/mol. The molecule has 2 aromatic heterocycles. The molecule has 2 N–H and O–H groups in total. The molecule has 0 aliphatic carbocycles. The van der Waals surface area contributed by atoms with E-state index in [0.29, 0.717) is 16.3 Å². The van der Waals surface area contributed by atoms with Crippen LogP contribution in [0.3, 0.4) is 0 Å². The van der Waals surface area contributed by atoms with E-state index in [2.05, 4.69) is 21.7 Å². The van der Waals surface area contributed by atoms with Crippen molar-refractivity contribution in [3.05, 3.63) is 95.1 Å². The Bertz CT molecular complexity index is 1360. The summed E-state index contributed by atoms with van der Waals surface area (Å²) in [4.78, 5) is 30.4. The van der Waals surface area contributed by atoms with Gasteiger partial charge in [0, 0.05) is 29.6 Å². The highest BCUT2D eigenvalue weighted by Gasteiger charge is 2.23. The number of nitriles is 1. The quantitative estimate of drug-likeness (QED) is 0.319. The van der Waals surface area contributed by atoms with Crippen LogP contribution in [-0.2, 0) is 16.1 Å². The van der Waals surface area contributed by atoms with Crippen LogP contribution >= 0.6 is 23.3 Å². The van der Waals surface area contributed by atoms with Gasteiger partial charge in [-0.25, -0.2) is 4.98 Å². The summed E-state index contributed by atoms with van der Waals surface area (Å²) in [5.41, 5.74) is 3.55. The van der Waals surface area contributed by atoms with Gasteiger partial charge in [0.2, 0.25) is 0 Å². The van der Waals surface area contributed by atoms with Gasteiger partial charge in [0.15, 0.2) is 5.13 Å². The molecule has 0 fully saturated rings. The molecule has 8 nitrogen and oxygen atoms in total. The van der Waals surface area contributed by atoms with Crippen LogP contribution in [0, 0.1) is 11.3 Å². The van der Waals surface area contributed by atoms with Crippen molar-refractivity contribution in [2.24, 2.45) is 0 Å². The van der Waals surface area contributed by atoms with E-state index in [4.69, 9.17) is 10.00 Å². The SMILES string of the molecule is CSn1ccc(C(=O)NC(COCc2ccc(C#N)cc2)C(=O)Nc2nc(-c3ccccc3)cs2)c1. The summed E-state index contributed by atoms with van der Waals surface area (Å²) in [6, 6.07) is 19.5. The van der Waals surface area contributed by atoms with Crippen LogP contribution in [-0.4, -0.2) is 39.7 Å². The molecule has 36 heavy (non-hydrogen) atoms. The van der Waals surface area contributed by atoms with E-state index in [9.17, 15) is 9.59 Å². The number of aromatic nitrogens is 2. The van der Waals surface area contributed by atoms with Crippen LogP contribution in [0.1, 0.15) is 21.5 Å². The summed E-state index contributed by atoms with van der Waals surface area (Å²) in [6.07, 6.45) is 5.36. The third-order valence-corrected chi connectivity index (χ3v) is 6.61. The number of anilines is 1. The fourth-order valence-corrected chi connectivity index (χ4v) is 4.41. The van der Waals surface area contributed by atoms with Gasteiger partial charge in [-0.15, -0.1) is 11.3 Å². The van der Waals surface area contributed by atoms with E-state index in [1.807, 2.05) is 42.0 Å². The zero-order valence-corrected chi connectivity index (χ0v) is 21.0. The Morgan fingerprint density at radius 3 is 2.64 bits per heavy atom. The molecule has 1 unspecified atom stereocenters. The highest BCUT2D eigenvalue weighted by molar-refractivity contribution is 7.97. The molecule has 182 valence electrons. The molecule has 2 aromatic carbocycles. The first-order chi connectivity index (χ1) is 17.6. The van der Waals surface area contributed by atoms with Crippen molar-refractivity contribution in [1.82, 2.24) is 14.3 Å². The molecule has 2 amide bonds. The van der Waals surface area contributed by atoms with Gasteiger partial charge in [0.1, 0.15) is 6.04 Å². The normalized spacial score (nSPS) is 11.4. The zero-order chi connectivity index (χ0) is 25.3. The third-order valence-electron chi connectivity index (χ3n) is 5.20. The molecule has 0 saturated carbocycles. The summed E-state index contributed by atoms with van der Waals surface area (Å²) in [6.45, 7) is 0.182. The van der Waals surface area contributed by atoms with Gasteiger partial charge in [0.25, 0.3) is 11.8 Å². The predicted octanol–water partition coefficient (Wildman–Crippen LogP) is 4.56. The van der Waals surface area contributed by atoms with Gasteiger partial charge in [-0.3, -0.25) is 13.6 Å². The number of amides is 2. The Labute approximate surface area is 217 Å². The average molecular weight is 518 g/mol. The maximum absolute atomic E-state index is 13.1. The number of carbonyl (C=O) groups excluding carboxylic acids is 2. The lowest BCUT2D eigenvalue weighted by Crippen LogP contribution is -2.46. The zero-order valence-electron chi connectivity index (χ0n) is 19.4. The largest absolute Gasteiger partial charge is 0.374 e. The fourth-order valence-electron chi connectivity index (χ4n) is 3.28. The molecule has 0 spiro atoms. The first-order valence-electron chi connectivity index (χ1n) is 11.0. The highest BCUT2D eigenvalue weighted by atomic mass is 32.2. The number of hydrogen-bond donors (Lipinski definition) is 2. The van der Waals surface area contributed by atoms with Crippen LogP contribution in [0.25, 0.3) is 11.3 Å². The van der Waals surface area contributed by atoms with Gasteiger partial charge >= 0.3 is 0 Å². The minimum atomic E-state index is -0.947. The van der Waals surface area contributed by atoms with E-state index in [0.717, 1.165) is 16.8 Å². The van der Waals surface area contributed by atoms with Gasteiger partial charge < -0.3 is 15.4 Å². The first kappa shape index (κ1) is 25.2. The summed E-state index contributed by atoms with van der Waals surface area (Å²) in [5.74, 6) is -0.810. The second kappa shape index (κ2) is 12.2. The predicted molar refractivity (Wildman–Crippen MR) is 142 cm³/mol. The lowest BCUT2D eigenvalue weighted by molar-refractivity contribution is -0.119. The minimum Gasteiger partial charge on any atom is -0.374 e. The molecule has 0 aliphatic heterocycles. The van der Waals surface area contributed by atoms with Crippen molar-refractivity contribution in [2.75, 3.05) is 18.2 Å². The van der Waals surface area contributed by atoms with E-state index < -0.39 is 11.9 Å². The third kappa shape index (κ3) is 6.60. The Hall–Kier alpha value is -3.91. The van der Waals surface area contributed by atoms with Gasteiger partial charge in [-0.2, -0.15) is 5.26 Å². The molecular formula is C26H23N5O3S2. The van der Waals surface area contributed by atoms with E-state index in [1.54, 1.807) is 46.7 Å². The Morgan fingerprint density at radius 1 is 1.17 bits per heavy atom. The number of hydrogen-bond acceptors (Lipinski definition) is 7. The van der Waals surface area contributed by atoms with Crippen molar-refractivity contribution in [3.63, 3.8) is 0 Å². The number of thiazole rings is 1. The van der Waals surface area contributed by atoms with Crippen LogP contribution < -0.4 is 10.6 Å². The monoisotopic (exact) mass is 517 g/mol. The molecule has 0 radical (unpaired) electrons. The van der Waals surface area contributed by atoms with Crippen molar-refractivity contribution in [2.45, 2.75) is 12.6 Å². The topological polar surface area (TPSA) is 109 Å². The maximum Gasteiger partial charge on any atom is 0.253 e. The number of nitrogens with one attached hydrogen (secondary N) is 2. The van der Waals surface area contributed by atoms with E-state index >= 15 is 0 Å². The second-order valence-electron chi connectivity index (χ2n) is 7.69. The van der Waals surface area contributed by atoms with Crippen molar-refractivity contribution >= 4 is 40.2 Å². The number of ether oxygens (including phenoxy) is 1. The van der Waals surface area contributed by atoms with Gasteiger partial charge in [0.05, 0.1) is 36.1 Å². The molecule has 0 saturated heterocycles. The average Bonchev–Trinajstić information content (AvgIpc) is 3.59. The fraction of sp³-hybridized carbons (Fsp3) is 0.154. The molecule has 1 atom stereocenters. The lowest BCUT2D eigenvalue weighted by Gasteiger charge is -2.18. The minimum absolute atomic E-state index is 0.0439. The van der Waals surface area contributed by atoms with Crippen molar-refractivity contribution in [1.29, 1.82) is 5.26 Å². The molecule has 2 heterocycles. The maximum atomic E-state index is 13.1. The molecule has 4 rings (SSSR count). The summed E-state index contributed by atoms with van der Waals surface area (Å²) in [5, 5.41) is 16.8. The first-order valence-corrected chi connectivity index (χ1v) is 13.0. The molecule has 0 bridgehead atoms. The number of carbonyl (C=O) groups is 2. The number of benzene rings is 2. The van der Waals surface area contributed by atoms with Crippen LogP contribution in [0.2, 0.25) is 0 Å². The van der Waals surface area contributed by atoms with Gasteiger partial charge in [-0.1, -0.05) is 42.5 Å². The van der Waals surface area contributed by atoms with Crippen LogP contribution in [0.5, 0.6) is 0 Å². The Kier molecular flexibility index (Phi) is 8.52. The molecule has 0 aliphatic rings. The van der Waals surface area contributed by atoms with Crippen molar-refractivity contribution < 1.29 is 14.3 Å². The number of rotatable bonds is 10. The lowest BCUT2D eigenvalue weighted by atomic mass is 10.1. The smallest absolute Gasteiger partial charge is 0.253 e. The van der Waals surface area contributed by atoms with Crippen LogP contribution in [0.15, 0.2) is 78.4 Å². The van der Waals surface area contributed by atoms with E-state index in [1.165, 1.54) is 23.3 Å². The Morgan fingerprint density at radius 2 is 1.94 bits per heavy atom. The standard InChI is InChI=1S/C26H23N5O3S2/c1-35-31-12-11-21(14-31)24(32)28-22(16-34-15-19-9-7-18(13-27)8-10-19)25(33)30-26-29-23(17-36-26)20-5-3-2-4-6-20/h2-12,14,17,22H,15-16H2,1H3,(H,28,32)(H,29,30,33). The van der Waals surface area contributed by atoms with Gasteiger partial charge in [-0.05, 0) is 35.7 Å². The Balaban J connectivity index is 1.43. The summed E-state index contributed by atoms with van der Waals surface area (Å²) < 4.78 is 7.56. The second-order valence-corrected chi connectivity index (χ2v) is 9.33. The summed E-state index contributed by atoms with van der Waals surface area (Å²) in [7, 11) is 0. The number of nitrogens with zero attached hydrogens (tertiary/aromatic N) is 3. The highest BCUT2D eigenvalue weighted by Crippen LogP contribution is 2.24.